The first-order valence-corrected chi connectivity index (χ1v) is 6.13. The monoisotopic (exact) mass is 226 g/mol. The van der Waals surface area contributed by atoms with E-state index in [0.29, 0.717) is 18.4 Å². The van der Waals surface area contributed by atoms with Crippen LogP contribution >= 0.6 is 0 Å². The lowest BCUT2D eigenvalue weighted by molar-refractivity contribution is -0.116. The van der Waals surface area contributed by atoms with Crippen molar-refractivity contribution in [2.24, 2.45) is 5.92 Å². The predicted molar refractivity (Wildman–Crippen MR) is 68.5 cm³/mol. The number of carbonyl (C=O) groups excluding carboxylic acids is 1. The molecule has 0 aromatic rings. The molecule has 2 nitrogen and oxygen atoms in total. The molecule has 0 aliphatic carbocycles. The van der Waals surface area contributed by atoms with E-state index >= 15 is 0 Å². The maximum Gasteiger partial charge on any atom is 0.130 e. The molecule has 0 saturated carbocycles. The molecule has 0 radical (unpaired) electrons. The highest BCUT2D eigenvalue weighted by molar-refractivity contribution is 5.75. The van der Waals surface area contributed by atoms with Gasteiger partial charge in [-0.05, 0) is 39.0 Å². The van der Waals surface area contributed by atoms with Crippen LogP contribution < -0.4 is 0 Å². The van der Waals surface area contributed by atoms with Crippen LogP contribution in [0.15, 0.2) is 11.6 Å². The minimum absolute atomic E-state index is 0.259. The normalized spacial score (nSPS) is 14.2. The van der Waals surface area contributed by atoms with Crippen molar-refractivity contribution in [2.75, 3.05) is 7.11 Å². The van der Waals surface area contributed by atoms with Crippen LogP contribution in [-0.2, 0) is 9.53 Å². The number of ketones is 1. The Kier molecular flexibility index (Phi) is 8.18. The van der Waals surface area contributed by atoms with E-state index in [4.69, 9.17) is 4.74 Å². The van der Waals surface area contributed by atoms with E-state index in [1.165, 1.54) is 5.57 Å². The number of hydrogen-bond donors (Lipinski definition) is 0. The molecule has 0 aliphatic rings. The average molecular weight is 226 g/mol. The van der Waals surface area contributed by atoms with Crippen molar-refractivity contribution >= 4 is 5.78 Å². The van der Waals surface area contributed by atoms with Crippen LogP contribution in [0.3, 0.4) is 0 Å². The highest BCUT2D eigenvalue weighted by Gasteiger charge is 2.10. The fourth-order valence-corrected chi connectivity index (χ4v) is 1.75. The average Bonchev–Trinajstić information content (AvgIpc) is 2.15. The molecule has 1 unspecified atom stereocenters. The fraction of sp³-hybridized carbons (Fsp3) is 0.786. The van der Waals surface area contributed by atoms with Gasteiger partial charge in [0.15, 0.2) is 0 Å². The van der Waals surface area contributed by atoms with Gasteiger partial charge in [-0.15, -0.1) is 0 Å². The van der Waals surface area contributed by atoms with Crippen molar-refractivity contribution in [2.45, 2.75) is 59.5 Å². The summed E-state index contributed by atoms with van der Waals surface area (Å²) in [4.78, 5) is 10.8. The fourth-order valence-electron chi connectivity index (χ4n) is 1.75. The van der Waals surface area contributed by atoms with Gasteiger partial charge in [0.2, 0.25) is 0 Å². The van der Waals surface area contributed by atoms with E-state index in [1.807, 2.05) is 0 Å². The molecule has 0 aliphatic heterocycles. The van der Waals surface area contributed by atoms with Gasteiger partial charge in [-0.3, -0.25) is 0 Å². The largest absolute Gasteiger partial charge is 0.381 e. The summed E-state index contributed by atoms with van der Waals surface area (Å²) in [7, 11) is 1.77. The predicted octanol–water partition coefficient (Wildman–Crippen LogP) is 3.75. The van der Waals surface area contributed by atoms with Gasteiger partial charge in [-0.1, -0.05) is 25.5 Å². The molecule has 0 aromatic carbocycles. The molecule has 94 valence electrons. The second-order valence-electron chi connectivity index (χ2n) is 4.98. The topological polar surface area (TPSA) is 26.3 Å². The molecular weight excluding hydrogens is 200 g/mol. The second kappa shape index (κ2) is 8.51. The van der Waals surface area contributed by atoms with Gasteiger partial charge < -0.3 is 9.53 Å². The lowest BCUT2D eigenvalue weighted by Gasteiger charge is -2.17. The van der Waals surface area contributed by atoms with Crippen molar-refractivity contribution in [3.63, 3.8) is 0 Å². The highest BCUT2D eigenvalue weighted by Crippen LogP contribution is 2.16. The Bertz CT molecular complexity index is 229. The molecule has 2 heteroatoms. The summed E-state index contributed by atoms with van der Waals surface area (Å²) in [5.74, 6) is 0.921. The van der Waals surface area contributed by atoms with Crippen LogP contribution in [-0.4, -0.2) is 19.0 Å². The number of allylic oxidation sites excluding steroid dienone is 1. The van der Waals surface area contributed by atoms with Crippen LogP contribution in [0, 0.1) is 5.92 Å². The van der Waals surface area contributed by atoms with Gasteiger partial charge in [-0.2, -0.15) is 0 Å². The molecule has 0 aromatic heterocycles. The quantitative estimate of drug-likeness (QED) is 0.589. The molecule has 16 heavy (non-hydrogen) atoms. The molecule has 0 N–H and O–H groups in total. The molecule has 0 saturated heterocycles. The Labute approximate surface area is 100 Å². The third-order valence-electron chi connectivity index (χ3n) is 2.61. The minimum atomic E-state index is 0.259. The van der Waals surface area contributed by atoms with Crippen molar-refractivity contribution < 1.29 is 9.53 Å². The first kappa shape index (κ1) is 15.4. The number of hydrogen-bond acceptors (Lipinski definition) is 2. The van der Waals surface area contributed by atoms with E-state index in [1.54, 1.807) is 14.0 Å². The maximum atomic E-state index is 10.8. The molecule has 0 spiro atoms. The lowest BCUT2D eigenvalue weighted by Crippen LogP contribution is -2.13. The standard InChI is InChI=1S/C14H26O2/c1-11(2)9-14(16-5)10-12(3)7-6-8-13(4)15/h7,11,14H,6,8-10H2,1-5H3/b12-7+. The van der Waals surface area contributed by atoms with Crippen molar-refractivity contribution in [1.82, 2.24) is 0 Å². The second-order valence-corrected chi connectivity index (χ2v) is 4.98. The van der Waals surface area contributed by atoms with E-state index in [0.717, 1.165) is 19.3 Å². The van der Waals surface area contributed by atoms with Crippen molar-refractivity contribution in [3.05, 3.63) is 11.6 Å². The number of carbonyl (C=O) groups is 1. The van der Waals surface area contributed by atoms with Gasteiger partial charge in [0.25, 0.3) is 0 Å². The van der Waals surface area contributed by atoms with E-state index < -0.39 is 0 Å². The summed E-state index contributed by atoms with van der Waals surface area (Å²) >= 11 is 0. The summed E-state index contributed by atoms with van der Waals surface area (Å²) in [6.45, 7) is 8.17. The molecule has 0 heterocycles. The first-order chi connectivity index (χ1) is 7.45. The number of Topliss-reactive ketones (excluding diaryl/α,β-unsaturated/α-hetero) is 1. The Balaban J connectivity index is 3.98. The Morgan fingerprint density at radius 2 is 1.94 bits per heavy atom. The molecule has 0 fully saturated rings. The van der Waals surface area contributed by atoms with E-state index in [2.05, 4.69) is 26.8 Å². The zero-order valence-corrected chi connectivity index (χ0v) is 11.4. The van der Waals surface area contributed by atoms with Crippen LogP contribution in [0.1, 0.15) is 53.4 Å². The van der Waals surface area contributed by atoms with Crippen molar-refractivity contribution in [1.29, 1.82) is 0 Å². The van der Waals surface area contributed by atoms with E-state index in [9.17, 15) is 4.79 Å². The zero-order chi connectivity index (χ0) is 12.6. The van der Waals surface area contributed by atoms with Crippen LogP contribution in [0.5, 0.6) is 0 Å². The van der Waals surface area contributed by atoms with Gasteiger partial charge >= 0.3 is 0 Å². The summed E-state index contributed by atoms with van der Waals surface area (Å²) in [6.07, 6.45) is 6.06. The van der Waals surface area contributed by atoms with Gasteiger partial charge in [0, 0.05) is 13.5 Å². The molecular formula is C14H26O2. The van der Waals surface area contributed by atoms with Crippen LogP contribution in [0.4, 0.5) is 0 Å². The van der Waals surface area contributed by atoms with Gasteiger partial charge in [-0.25, -0.2) is 0 Å². The Hall–Kier alpha value is -0.630. The third-order valence-corrected chi connectivity index (χ3v) is 2.61. The summed E-state index contributed by atoms with van der Waals surface area (Å²) < 4.78 is 5.45. The first-order valence-electron chi connectivity index (χ1n) is 6.13. The molecule has 0 bridgehead atoms. The third kappa shape index (κ3) is 8.66. The highest BCUT2D eigenvalue weighted by atomic mass is 16.5. The zero-order valence-electron chi connectivity index (χ0n) is 11.4. The van der Waals surface area contributed by atoms with Gasteiger partial charge in [0.1, 0.15) is 5.78 Å². The molecule has 0 rings (SSSR count). The SMILES string of the molecule is COC(C/C(C)=C/CCC(C)=O)CC(C)C. The van der Waals surface area contributed by atoms with Gasteiger partial charge in [0.05, 0.1) is 6.10 Å². The molecule has 1 atom stereocenters. The Morgan fingerprint density at radius 1 is 1.31 bits per heavy atom. The summed E-state index contributed by atoms with van der Waals surface area (Å²) in [6, 6.07) is 0. The number of rotatable bonds is 8. The Morgan fingerprint density at radius 3 is 2.38 bits per heavy atom. The number of ether oxygens (including phenoxy) is 1. The maximum absolute atomic E-state index is 10.8. The van der Waals surface area contributed by atoms with Crippen molar-refractivity contribution in [3.8, 4) is 0 Å². The summed E-state index contributed by atoms with van der Waals surface area (Å²) in [5.41, 5.74) is 1.33. The minimum Gasteiger partial charge on any atom is -0.381 e. The lowest BCUT2D eigenvalue weighted by atomic mass is 9.99. The van der Waals surface area contributed by atoms with Crippen LogP contribution in [0.2, 0.25) is 0 Å². The van der Waals surface area contributed by atoms with Crippen LogP contribution in [0.25, 0.3) is 0 Å². The number of methoxy groups -OCH3 is 1. The molecule has 0 amide bonds. The van der Waals surface area contributed by atoms with E-state index in [-0.39, 0.29) is 5.78 Å². The summed E-state index contributed by atoms with van der Waals surface area (Å²) in [5, 5.41) is 0. The smallest absolute Gasteiger partial charge is 0.130 e.